The van der Waals surface area contributed by atoms with Crippen LogP contribution in [-0.4, -0.2) is 52.6 Å². The van der Waals surface area contributed by atoms with Crippen molar-refractivity contribution >= 4 is 34.9 Å². The second-order valence-corrected chi connectivity index (χ2v) is 7.36. The van der Waals surface area contributed by atoms with Crippen molar-refractivity contribution in [2.75, 3.05) is 29.2 Å². The normalized spacial score (nSPS) is 25.8. The molecule has 1 aromatic heterocycles. The lowest BCUT2D eigenvalue weighted by atomic mass is 10.2. The summed E-state index contributed by atoms with van der Waals surface area (Å²) >= 11 is 7.70. The highest BCUT2D eigenvalue weighted by Gasteiger charge is 2.42. The predicted octanol–water partition coefficient (Wildman–Crippen LogP) is 3.05. The van der Waals surface area contributed by atoms with Crippen molar-refractivity contribution in [1.82, 2.24) is 9.97 Å². The van der Waals surface area contributed by atoms with E-state index in [1.807, 2.05) is 0 Å². The van der Waals surface area contributed by atoms with E-state index in [0.717, 1.165) is 29.3 Å². The Bertz CT molecular complexity index is 583. The number of alkyl halides is 1. The summed E-state index contributed by atoms with van der Waals surface area (Å²) in [6.07, 6.45) is 1.22. The zero-order valence-corrected chi connectivity index (χ0v) is 15.1. The minimum Gasteiger partial charge on any atom is -0.394 e. The molecule has 2 N–H and O–H groups in total. The van der Waals surface area contributed by atoms with Crippen LogP contribution in [0, 0.1) is 0 Å². The van der Waals surface area contributed by atoms with E-state index in [9.17, 15) is 9.50 Å². The Labute approximate surface area is 150 Å². The van der Waals surface area contributed by atoms with E-state index in [2.05, 4.69) is 22.2 Å². The average Bonchev–Trinajstić information content (AvgIpc) is 3.14. The molecule has 3 rings (SSSR count). The van der Waals surface area contributed by atoms with Crippen LogP contribution >= 0.6 is 23.4 Å². The van der Waals surface area contributed by atoms with Crippen molar-refractivity contribution in [2.45, 2.75) is 56.1 Å². The number of ether oxygens (including phenoxy) is 1. The number of nitrogens with zero attached hydrogens (tertiary/aromatic N) is 3. The summed E-state index contributed by atoms with van der Waals surface area (Å²) < 4.78 is 19.9. The zero-order valence-electron chi connectivity index (χ0n) is 13.5. The number of thioether (sulfide) groups is 1. The molecule has 0 amide bonds. The summed E-state index contributed by atoms with van der Waals surface area (Å²) in [5.74, 6) is 1.52. The number of aliphatic hydroxyl groups is 1. The fraction of sp³-hybridized carbons (Fsp3) is 0.733. The molecule has 1 aromatic rings. The molecular weight excluding hydrogens is 355 g/mol. The Morgan fingerprint density at radius 2 is 2.29 bits per heavy atom. The van der Waals surface area contributed by atoms with Gasteiger partial charge in [0.05, 0.1) is 19.4 Å². The molecule has 2 aliphatic heterocycles. The first-order chi connectivity index (χ1) is 11.6. The van der Waals surface area contributed by atoms with Crippen LogP contribution in [0.1, 0.15) is 32.6 Å². The van der Waals surface area contributed by atoms with Gasteiger partial charge in [-0.05, 0) is 23.8 Å². The molecule has 134 valence electrons. The lowest BCUT2D eigenvalue weighted by molar-refractivity contribution is 0.00153. The highest BCUT2D eigenvalue weighted by Crippen LogP contribution is 2.41. The molecule has 0 radical (unpaired) electrons. The van der Waals surface area contributed by atoms with Crippen molar-refractivity contribution < 1.29 is 14.2 Å². The fourth-order valence-corrected chi connectivity index (χ4v) is 4.15. The quantitative estimate of drug-likeness (QED) is 0.328. The molecular formula is C15H22ClFN4O2S. The fourth-order valence-electron chi connectivity index (χ4n) is 2.93. The van der Waals surface area contributed by atoms with E-state index >= 15 is 0 Å². The van der Waals surface area contributed by atoms with Crippen molar-refractivity contribution in [1.29, 1.82) is 0 Å². The smallest absolute Gasteiger partial charge is 0.225 e. The van der Waals surface area contributed by atoms with Gasteiger partial charge < -0.3 is 20.1 Å². The van der Waals surface area contributed by atoms with Gasteiger partial charge in [0.25, 0.3) is 0 Å². The van der Waals surface area contributed by atoms with E-state index in [0.29, 0.717) is 12.5 Å². The number of halogens is 2. The molecule has 1 fully saturated rings. The van der Waals surface area contributed by atoms with Crippen LogP contribution in [0.15, 0.2) is 5.03 Å². The summed E-state index contributed by atoms with van der Waals surface area (Å²) in [6.45, 7) is 2.36. The number of aromatic nitrogens is 2. The molecule has 0 bridgehead atoms. The van der Waals surface area contributed by atoms with E-state index in [1.165, 1.54) is 6.42 Å². The largest absolute Gasteiger partial charge is 0.394 e. The summed E-state index contributed by atoms with van der Waals surface area (Å²) in [5.41, 5.74) is 0.782. The molecule has 1 saturated heterocycles. The lowest BCUT2D eigenvalue weighted by Gasteiger charge is -2.25. The molecule has 9 heteroatoms. The molecule has 3 unspecified atom stereocenters. The number of nitrogens with one attached hydrogen (secondary N) is 1. The zero-order chi connectivity index (χ0) is 17.1. The number of anilines is 2. The SMILES string of the molecule is CCCCCSc1nc(Cl)nc2c1NCN2C1OC(CO)CC1F. The highest BCUT2D eigenvalue weighted by molar-refractivity contribution is 7.99. The van der Waals surface area contributed by atoms with Gasteiger partial charge in [0.1, 0.15) is 16.9 Å². The monoisotopic (exact) mass is 376 g/mol. The van der Waals surface area contributed by atoms with Gasteiger partial charge in [-0.15, -0.1) is 11.8 Å². The summed E-state index contributed by atoms with van der Waals surface area (Å²) in [6, 6.07) is 0. The van der Waals surface area contributed by atoms with Gasteiger partial charge >= 0.3 is 0 Å². The number of aliphatic hydroxyl groups excluding tert-OH is 1. The van der Waals surface area contributed by atoms with Crippen molar-refractivity contribution in [2.24, 2.45) is 0 Å². The molecule has 24 heavy (non-hydrogen) atoms. The summed E-state index contributed by atoms with van der Waals surface area (Å²) in [4.78, 5) is 10.3. The maximum atomic E-state index is 14.3. The van der Waals surface area contributed by atoms with Crippen molar-refractivity contribution in [3.63, 3.8) is 0 Å². The first kappa shape index (κ1) is 18.0. The Hall–Kier alpha value is -0.830. The molecule has 0 saturated carbocycles. The minimum absolute atomic E-state index is 0.146. The standard InChI is InChI=1S/C15H22ClFN4O2S/c1-2-3-4-5-24-13-11-12(19-15(16)20-13)21(8-18-11)14-10(17)6-9(7-22)23-14/h9-10,14,18,22H,2-8H2,1H3. The van der Waals surface area contributed by atoms with Crippen LogP contribution in [0.25, 0.3) is 0 Å². The van der Waals surface area contributed by atoms with E-state index in [1.54, 1.807) is 16.7 Å². The van der Waals surface area contributed by atoms with Gasteiger partial charge in [-0.1, -0.05) is 19.8 Å². The Morgan fingerprint density at radius 1 is 1.46 bits per heavy atom. The Kier molecular flexibility index (Phi) is 6.02. The minimum atomic E-state index is -1.18. The average molecular weight is 377 g/mol. The maximum absolute atomic E-state index is 14.3. The number of rotatable bonds is 7. The van der Waals surface area contributed by atoms with Gasteiger partial charge in [-0.2, -0.15) is 4.98 Å². The highest BCUT2D eigenvalue weighted by atomic mass is 35.5. The molecule has 0 aromatic carbocycles. The van der Waals surface area contributed by atoms with Crippen LogP contribution in [0.3, 0.4) is 0 Å². The number of fused-ring (bicyclic) bond motifs is 1. The summed E-state index contributed by atoms with van der Waals surface area (Å²) in [7, 11) is 0. The Morgan fingerprint density at radius 3 is 3.00 bits per heavy atom. The third kappa shape index (κ3) is 3.71. The molecule has 3 atom stereocenters. The van der Waals surface area contributed by atoms with Gasteiger partial charge in [-0.25, -0.2) is 9.37 Å². The van der Waals surface area contributed by atoms with E-state index < -0.39 is 18.5 Å². The Balaban J connectivity index is 1.77. The third-order valence-corrected chi connectivity index (χ3v) is 5.39. The topological polar surface area (TPSA) is 70.5 Å². The third-order valence-electron chi connectivity index (χ3n) is 4.15. The van der Waals surface area contributed by atoms with Crippen LogP contribution in [0.2, 0.25) is 5.28 Å². The van der Waals surface area contributed by atoms with Gasteiger partial charge in [0, 0.05) is 6.42 Å². The molecule has 0 aliphatic carbocycles. The van der Waals surface area contributed by atoms with Crippen LogP contribution in [0.5, 0.6) is 0 Å². The second-order valence-electron chi connectivity index (χ2n) is 5.94. The van der Waals surface area contributed by atoms with Crippen LogP contribution < -0.4 is 10.2 Å². The van der Waals surface area contributed by atoms with E-state index in [4.69, 9.17) is 16.3 Å². The number of hydrogen-bond donors (Lipinski definition) is 2. The van der Waals surface area contributed by atoms with Gasteiger partial charge in [-0.3, -0.25) is 0 Å². The van der Waals surface area contributed by atoms with E-state index in [-0.39, 0.29) is 18.3 Å². The predicted molar refractivity (Wildman–Crippen MR) is 93.5 cm³/mol. The maximum Gasteiger partial charge on any atom is 0.225 e. The lowest BCUT2D eigenvalue weighted by Crippen LogP contribution is -2.40. The van der Waals surface area contributed by atoms with Crippen molar-refractivity contribution in [3.8, 4) is 0 Å². The molecule has 2 aliphatic rings. The first-order valence-corrected chi connectivity index (χ1v) is 9.61. The van der Waals surface area contributed by atoms with Gasteiger partial charge in [0.2, 0.25) is 5.28 Å². The van der Waals surface area contributed by atoms with Crippen molar-refractivity contribution in [3.05, 3.63) is 5.28 Å². The van der Waals surface area contributed by atoms with Crippen LogP contribution in [0.4, 0.5) is 15.9 Å². The first-order valence-electron chi connectivity index (χ1n) is 8.25. The van der Waals surface area contributed by atoms with Crippen LogP contribution in [-0.2, 0) is 4.74 Å². The number of unbranched alkanes of at least 4 members (excludes halogenated alkanes) is 2. The molecule has 3 heterocycles. The molecule has 0 spiro atoms. The van der Waals surface area contributed by atoms with Gasteiger partial charge in [0.15, 0.2) is 12.0 Å². The molecule has 6 nitrogen and oxygen atoms in total. The number of hydrogen-bond acceptors (Lipinski definition) is 7. The second kappa shape index (κ2) is 8.03. The summed E-state index contributed by atoms with van der Waals surface area (Å²) in [5, 5.41) is 13.4.